The van der Waals surface area contributed by atoms with Gasteiger partial charge in [-0.2, -0.15) is 0 Å². The van der Waals surface area contributed by atoms with Crippen LogP contribution in [0.2, 0.25) is 0 Å². The summed E-state index contributed by atoms with van der Waals surface area (Å²) in [5, 5.41) is 17.4. The number of fused-ring (bicyclic) bond motifs is 1. The lowest BCUT2D eigenvalue weighted by Gasteiger charge is -2.41. The zero-order chi connectivity index (χ0) is 19.5. The highest BCUT2D eigenvalue weighted by atomic mass is 19.2. The summed E-state index contributed by atoms with van der Waals surface area (Å²) in [7, 11) is 0. The Labute approximate surface area is 161 Å². The Morgan fingerprint density at radius 1 is 1.07 bits per heavy atom. The van der Waals surface area contributed by atoms with E-state index >= 15 is 0 Å². The number of hydrogen-bond acceptors (Lipinski definition) is 6. The summed E-state index contributed by atoms with van der Waals surface area (Å²) in [5.74, 6) is -1.67. The van der Waals surface area contributed by atoms with Gasteiger partial charge in [-0.3, -0.25) is 9.80 Å². The Kier molecular flexibility index (Phi) is 5.61. The number of halogens is 2. The molecule has 3 aromatic rings. The fraction of sp³-hybridized carbons (Fsp3) is 0.400. The number of aliphatic hydroxyl groups excluding tert-OH is 1. The molecule has 1 fully saturated rings. The summed E-state index contributed by atoms with van der Waals surface area (Å²) in [6.07, 6.45) is 0.621. The second-order valence-electron chi connectivity index (χ2n) is 7.17. The molecule has 28 heavy (non-hydrogen) atoms. The molecule has 0 saturated carbocycles. The van der Waals surface area contributed by atoms with E-state index in [1.807, 2.05) is 18.2 Å². The average Bonchev–Trinajstić information content (AvgIpc) is 3.17. The normalized spacial score (nSPS) is 18.8. The van der Waals surface area contributed by atoms with Crippen molar-refractivity contribution in [2.24, 2.45) is 0 Å². The van der Waals surface area contributed by atoms with Crippen LogP contribution in [-0.2, 0) is 13.1 Å². The predicted octanol–water partition coefficient (Wildman–Crippen LogP) is 2.57. The molecule has 2 aromatic carbocycles. The van der Waals surface area contributed by atoms with E-state index in [0.29, 0.717) is 19.5 Å². The molecule has 148 valence electrons. The summed E-state index contributed by atoms with van der Waals surface area (Å²) in [4.78, 5) is 4.53. The summed E-state index contributed by atoms with van der Waals surface area (Å²) in [5.41, 5.74) is 3.29. The van der Waals surface area contributed by atoms with E-state index in [0.717, 1.165) is 47.9 Å². The van der Waals surface area contributed by atoms with Gasteiger partial charge in [0.15, 0.2) is 11.6 Å². The van der Waals surface area contributed by atoms with Crippen molar-refractivity contribution in [3.8, 4) is 0 Å². The van der Waals surface area contributed by atoms with Crippen molar-refractivity contribution in [3.05, 3.63) is 59.2 Å². The Bertz CT molecular complexity index is 949. The van der Waals surface area contributed by atoms with E-state index in [9.17, 15) is 13.9 Å². The largest absolute Gasteiger partial charge is 0.396 e. The minimum atomic E-state index is -0.836. The van der Waals surface area contributed by atoms with Crippen molar-refractivity contribution < 1.29 is 18.5 Å². The van der Waals surface area contributed by atoms with Gasteiger partial charge in [0.25, 0.3) is 0 Å². The highest BCUT2D eigenvalue weighted by molar-refractivity contribution is 5.76. The number of benzene rings is 2. The molecular weight excluding hydrogens is 366 g/mol. The van der Waals surface area contributed by atoms with Gasteiger partial charge in [-0.15, -0.1) is 0 Å². The third kappa shape index (κ3) is 4.04. The monoisotopic (exact) mass is 388 g/mol. The number of rotatable bonds is 6. The topological polar surface area (TPSA) is 65.6 Å². The lowest BCUT2D eigenvalue weighted by Crippen LogP contribution is -2.52. The molecule has 1 N–H and O–H groups in total. The van der Waals surface area contributed by atoms with Gasteiger partial charge >= 0.3 is 0 Å². The molecule has 1 saturated heterocycles. The lowest BCUT2D eigenvalue weighted by atomic mass is 10.1. The average molecular weight is 388 g/mol. The van der Waals surface area contributed by atoms with Gasteiger partial charge in [0, 0.05) is 45.4 Å². The summed E-state index contributed by atoms with van der Waals surface area (Å²) in [6, 6.07) is 9.96. The fourth-order valence-electron chi connectivity index (χ4n) is 3.83. The molecule has 0 amide bonds. The zero-order valence-corrected chi connectivity index (χ0v) is 15.4. The number of aliphatic hydroxyl groups is 1. The highest BCUT2D eigenvalue weighted by Gasteiger charge is 2.27. The molecule has 8 heteroatoms. The molecule has 0 aliphatic carbocycles. The van der Waals surface area contributed by atoms with Crippen LogP contribution in [0.5, 0.6) is 0 Å². The second-order valence-corrected chi connectivity index (χ2v) is 7.17. The molecule has 1 atom stereocenters. The van der Waals surface area contributed by atoms with Crippen LogP contribution in [0.4, 0.5) is 8.78 Å². The summed E-state index contributed by atoms with van der Waals surface area (Å²) in [6.45, 7) is 3.69. The van der Waals surface area contributed by atoms with Crippen LogP contribution in [-0.4, -0.2) is 57.5 Å². The zero-order valence-electron chi connectivity index (χ0n) is 15.4. The van der Waals surface area contributed by atoms with Gasteiger partial charge in [-0.05, 0) is 46.1 Å². The van der Waals surface area contributed by atoms with Crippen LogP contribution in [0.1, 0.15) is 17.5 Å². The first-order valence-electron chi connectivity index (χ1n) is 9.35. The number of hydrogen-bond donors (Lipinski definition) is 1. The molecular formula is C20H22F2N4O2. The van der Waals surface area contributed by atoms with Gasteiger partial charge in [0.1, 0.15) is 11.0 Å². The SMILES string of the molecule is OCC[C@@H]1CN(Cc2cccc3nonc23)CCN1Cc1ccc(F)c(F)c1. The van der Waals surface area contributed by atoms with Crippen molar-refractivity contribution in [1.29, 1.82) is 0 Å². The van der Waals surface area contributed by atoms with Crippen LogP contribution in [0.3, 0.4) is 0 Å². The first kappa shape index (κ1) is 18.9. The first-order valence-corrected chi connectivity index (χ1v) is 9.35. The Morgan fingerprint density at radius 2 is 1.96 bits per heavy atom. The molecule has 6 nitrogen and oxygen atoms in total. The Hall–Kier alpha value is -2.42. The number of aromatic nitrogens is 2. The van der Waals surface area contributed by atoms with Gasteiger partial charge in [-0.25, -0.2) is 13.4 Å². The third-order valence-electron chi connectivity index (χ3n) is 5.28. The molecule has 0 bridgehead atoms. The van der Waals surface area contributed by atoms with Crippen molar-refractivity contribution >= 4 is 11.0 Å². The van der Waals surface area contributed by atoms with E-state index < -0.39 is 11.6 Å². The lowest BCUT2D eigenvalue weighted by molar-refractivity contribution is 0.0500. The van der Waals surface area contributed by atoms with E-state index in [4.69, 9.17) is 4.63 Å². The molecule has 4 rings (SSSR count). The second kappa shape index (κ2) is 8.30. The van der Waals surface area contributed by atoms with Gasteiger partial charge in [-0.1, -0.05) is 18.2 Å². The molecule has 0 unspecified atom stereocenters. The summed E-state index contributed by atoms with van der Waals surface area (Å²) >= 11 is 0. The van der Waals surface area contributed by atoms with Crippen molar-refractivity contribution in [3.63, 3.8) is 0 Å². The maximum Gasteiger partial charge on any atom is 0.159 e. The van der Waals surface area contributed by atoms with Crippen LogP contribution in [0.15, 0.2) is 41.0 Å². The smallest absolute Gasteiger partial charge is 0.159 e. The standard InChI is InChI=1S/C20H22F2N4O2/c21-17-5-4-14(10-18(17)22)11-26-8-7-25(13-16(26)6-9-27)12-15-2-1-3-19-20(15)24-28-23-19/h1-5,10,16,27H,6-9,11-13H2/t16-/m1/s1. The van der Waals surface area contributed by atoms with Gasteiger partial charge in [0.05, 0.1) is 0 Å². The van der Waals surface area contributed by atoms with Crippen molar-refractivity contribution in [2.75, 3.05) is 26.2 Å². The van der Waals surface area contributed by atoms with Crippen LogP contribution in [0.25, 0.3) is 11.0 Å². The van der Waals surface area contributed by atoms with E-state index in [-0.39, 0.29) is 12.6 Å². The number of piperazine rings is 1. The van der Waals surface area contributed by atoms with Crippen molar-refractivity contribution in [1.82, 2.24) is 20.1 Å². The quantitative estimate of drug-likeness (QED) is 0.700. The van der Waals surface area contributed by atoms with Crippen molar-refractivity contribution in [2.45, 2.75) is 25.6 Å². The molecule has 1 aliphatic rings. The maximum absolute atomic E-state index is 13.5. The molecule has 2 heterocycles. The van der Waals surface area contributed by atoms with E-state index in [1.165, 1.54) is 6.07 Å². The number of nitrogens with zero attached hydrogens (tertiary/aromatic N) is 4. The van der Waals surface area contributed by atoms with Crippen LogP contribution < -0.4 is 0 Å². The highest BCUT2D eigenvalue weighted by Crippen LogP contribution is 2.22. The first-order chi connectivity index (χ1) is 13.6. The van der Waals surface area contributed by atoms with Gasteiger partial charge < -0.3 is 5.11 Å². The van der Waals surface area contributed by atoms with E-state index in [1.54, 1.807) is 6.07 Å². The maximum atomic E-state index is 13.5. The molecule has 0 radical (unpaired) electrons. The third-order valence-corrected chi connectivity index (χ3v) is 5.28. The predicted molar refractivity (Wildman–Crippen MR) is 99.3 cm³/mol. The molecule has 1 aliphatic heterocycles. The van der Waals surface area contributed by atoms with Crippen LogP contribution in [0, 0.1) is 11.6 Å². The Morgan fingerprint density at radius 3 is 2.79 bits per heavy atom. The molecule has 1 aromatic heterocycles. The van der Waals surface area contributed by atoms with Gasteiger partial charge in [0.2, 0.25) is 0 Å². The van der Waals surface area contributed by atoms with Crippen LogP contribution >= 0.6 is 0 Å². The van der Waals surface area contributed by atoms with E-state index in [2.05, 4.69) is 20.1 Å². The summed E-state index contributed by atoms with van der Waals surface area (Å²) < 4.78 is 31.5. The minimum absolute atomic E-state index is 0.0789. The fourth-order valence-corrected chi connectivity index (χ4v) is 3.83. The molecule has 0 spiro atoms. The minimum Gasteiger partial charge on any atom is -0.396 e. The Balaban J connectivity index is 1.45.